The molecule has 108 valence electrons. The number of aryl methyl sites for hydroxylation is 1. The predicted molar refractivity (Wildman–Crippen MR) is 78.4 cm³/mol. The van der Waals surface area contributed by atoms with Crippen LogP contribution in [0.2, 0.25) is 0 Å². The van der Waals surface area contributed by atoms with Gasteiger partial charge in [-0.2, -0.15) is 5.10 Å². The van der Waals surface area contributed by atoms with E-state index in [1.54, 1.807) is 4.68 Å². The van der Waals surface area contributed by atoms with Gasteiger partial charge in [0.15, 0.2) is 0 Å². The molecule has 1 aliphatic rings. The van der Waals surface area contributed by atoms with Gasteiger partial charge in [0.2, 0.25) is 5.89 Å². The maximum atomic E-state index is 5.71. The highest BCUT2D eigenvalue weighted by Gasteiger charge is 2.21. The minimum atomic E-state index is 0.438. The lowest BCUT2D eigenvalue weighted by Gasteiger charge is -2.17. The van der Waals surface area contributed by atoms with Crippen LogP contribution in [0.4, 0.5) is 6.01 Å². The van der Waals surface area contributed by atoms with E-state index >= 15 is 0 Å². The van der Waals surface area contributed by atoms with Crippen molar-refractivity contribution in [1.29, 1.82) is 0 Å². The van der Waals surface area contributed by atoms with Crippen LogP contribution in [-0.4, -0.2) is 20.0 Å². The van der Waals surface area contributed by atoms with Gasteiger partial charge in [-0.15, -0.1) is 5.10 Å². The Labute approximate surface area is 126 Å². The molecule has 3 rings (SSSR count). The van der Waals surface area contributed by atoms with E-state index in [1.165, 1.54) is 19.3 Å². The van der Waals surface area contributed by atoms with Crippen LogP contribution in [0.15, 0.2) is 15.1 Å². The number of anilines is 1. The van der Waals surface area contributed by atoms with Crippen LogP contribution >= 0.6 is 15.9 Å². The first kappa shape index (κ1) is 13.6. The summed E-state index contributed by atoms with van der Waals surface area (Å²) >= 11 is 3.47. The lowest BCUT2D eigenvalue weighted by Crippen LogP contribution is -2.04. The van der Waals surface area contributed by atoms with Gasteiger partial charge in [-0.25, -0.2) is 0 Å². The highest BCUT2D eigenvalue weighted by atomic mass is 79.9. The summed E-state index contributed by atoms with van der Waals surface area (Å²) in [6.07, 6.45) is 8.08. The van der Waals surface area contributed by atoms with Crippen molar-refractivity contribution in [3.05, 3.63) is 22.3 Å². The SMILES string of the molecule is Cn1cc(Br)c(CNc2nnc(C3CCCCC3)o2)n1. The van der Waals surface area contributed by atoms with E-state index in [-0.39, 0.29) is 0 Å². The number of nitrogens with zero attached hydrogens (tertiary/aromatic N) is 4. The minimum Gasteiger partial charge on any atom is -0.408 e. The molecule has 0 radical (unpaired) electrons. The summed E-state index contributed by atoms with van der Waals surface area (Å²) in [5.41, 5.74) is 0.921. The maximum absolute atomic E-state index is 5.71. The molecule has 20 heavy (non-hydrogen) atoms. The third-order valence-corrected chi connectivity index (χ3v) is 4.32. The zero-order valence-corrected chi connectivity index (χ0v) is 13.1. The number of rotatable bonds is 4. The Hall–Kier alpha value is -1.37. The van der Waals surface area contributed by atoms with Gasteiger partial charge in [0, 0.05) is 19.2 Å². The van der Waals surface area contributed by atoms with Gasteiger partial charge >= 0.3 is 6.01 Å². The Morgan fingerprint density at radius 2 is 2.15 bits per heavy atom. The second kappa shape index (κ2) is 5.95. The van der Waals surface area contributed by atoms with Crippen molar-refractivity contribution in [1.82, 2.24) is 20.0 Å². The summed E-state index contributed by atoms with van der Waals surface area (Å²) in [5.74, 6) is 1.21. The van der Waals surface area contributed by atoms with E-state index in [0.717, 1.165) is 28.9 Å². The molecular weight excluding hydrogens is 322 g/mol. The molecule has 0 bridgehead atoms. The lowest BCUT2D eigenvalue weighted by molar-refractivity contribution is 0.367. The molecule has 1 N–H and O–H groups in total. The maximum Gasteiger partial charge on any atom is 0.315 e. The Morgan fingerprint density at radius 3 is 2.85 bits per heavy atom. The zero-order chi connectivity index (χ0) is 13.9. The summed E-state index contributed by atoms with van der Waals surface area (Å²) in [4.78, 5) is 0. The van der Waals surface area contributed by atoms with E-state index in [2.05, 4.69) is 36.5 Å². The molecule has 1 saturated carbocycles. The van der Waals surface area contributed by atoms with E-state index in [1.807, 2.05) is 13.2 Å². The van der Waals surface area contributed by atoms with Crippen molar-refractivity contribution in [2.45, 2.75) is 44.6 Å². The Bertz CT molecular complexity index is 573. The largest absolute Gasteiger partial charge is 0.408 e. The minimum absolute atomic E-state index is 0.438. The van der Waals surface area contributed by atoms with Crippen LogP contribution in [-0.2, 0) is 13.6 Å². The third-order valence-electron chi connectivity index (χ3n) is 3.66. The first-order valence-corrected chi connectivity index (χ1v) is 7.77. The van der Waals surface area contributed by atoms with Crippen LogP contribution in [0.3, 0.4) is 0 Å². The third kappa shape index (κ3) is 3.03. The van der Waals surface area contributed by atoms with Crippen molar-refractivity contribution < 1.29 is 4.42 Å². The van der Waals surface area contributed by atoms with Gasteiger partial charge in [-0.05, 0) is 28.8 Å². The molecule has 6 nitrogen and oxygen atoms in total. The van der Waals surface area contributed by atoms with Gasteiger partial charge in [0.05, 0.1) is 16.7 Å². The van der Waals surface area contributed by atoms with E-state index in [4.69, 9.17) is 4.42 Å². The van der Waals surface area contributed by atoms with Crippen molar-refractivity contribution in [3.63, 3.8) is 0 Å². The fourth-order valence-corrected chi connectivity index (χ4v) is 3.12. The summed E-state index contributed by atoms with van der Waals surface area (Å²) in [6, 6.07) is 0.475. The van der Waals surface area contributed by atoms with Crippen LogP contribution in [0.5, 0.6) is 0 Å². The highest BCUT2D eigenvalue weighted by Crippen LogP contribution is 2.32. The molecule has 1 fully saturated rings. The Kier molecular flexibility index (Phi) is 4.05. The summed E-state index contributed by atoms with van der Waals surface area (Å²) in [6.45, 7) is 0.563. The molecule has 7 heteroatoms. The first-order valence-electron chi connectivity index (χ1n) is 6.97. The topological polar surface area (TPSA) is 68.8 Å². The molecule has 0 aliphatic heterocycles. The summed E-state index contributed by atoms with van der Waals surface area (Å²) in [7, 11) is 1.89. The molecule has 2 aromatic rings. The Balaban J connectivity index is 1.61. The second-order valence-electron chi connectivity index (χ2n) is 5.23. The van der Waals surface area contributed by atoms with Gasteiger partial charge in [0.25, 0.3) is 0 Å². The van der Waals surface area contributed by atoms with Gasteiger partial charge in [-0.3, -0.25) is 4.68 Å². The molecule has 0 amide bonds. The smallest absolute Gasteiger partial charge is 0.315 e. The number of halogens is 1. The molecule has 0 saturated heterocycles. The molecule has 2 aromatic heterocycles. The van der Waals surface area contributed by atoms with E-state index in [9.17, 15) is 0 Å². The Morgan fingerprint density at radius 1 is 1.35 bits per heavy atom. The number of hydrogen-bond donors (Lipinski definition) is 1. The fourth-order valence-electron chi connectivity index (χ4n) is 2.61. The standard InChI is InChI=1S/C13H18BrN5O/c1-19-8-10(14)11(18-19)7-15-13-17-16-12(20-13)9-5-3-2-4-6-9/h8-9H,2-7H2,1H3,(H,15,17). The molecule has 0 unspecified atom stereocenters. The molecule has 0 atom stereocenters. The quantitative estimate of drug-likeness (QED) is 0.925. The van der Waals surface area contributed by atoms with E-state index in [0.29, 0.717) is 18.5 Å². The zero-order valence-electron chi connectivity index (χ0n) is 11.5. The second-order valence-corrected chi connectivity index (χ2v) is 6.09. The van der Waals surface area contributed by atoms with Gasteiger partial charge in [0.1, 0.15) is 0 Å². The predicted octanol–water partition coefficient (Wildman–Crippen LogP) is 3.23. The lowest BCUT2D eigenvalue weighted by atomic mass is 9.89. The average Bonchev–Trinajstić information content (AvgIpc) is 3.04. The molecule has 2 heterocycles. The molecule has 1 aliphatic carbocycles. The fraction of sp³-hybridized carbons (Fsp3) is 0.615. The van der Waals surface area contributed by atoms with Crippen molar-refractivity contribution in [2.75, 3.05) is 5.32 Å². The van der Waals surface area contributed by atoms with Crippen LogP contribution < -0.4 is 5.32 Å². The highest BCUT2D eigenvalue weighted by molar-refractivity contribution is 9.10. The normalized spacial score (nSPS) is 16.5. The van der Waals surface area contributed by atoms with Gasteiger partial charge in [-0.1, -0.05) is 24.4 Å². The van der Waals surface area contributed by atoms with Crippen LogP contribution in [0.25, 0.3) is 0 Å². The summed E-state index contributed by atoms with van der Waals surface area (Å²) < 4.78 is 8.45. The van der Waals surface area contributed by atoms with Crippen LogP contribution in [0.1, 0.15) is 49.6 Å². The number of hydrogen-bond acceptors (Lipinski definition) is 5. The average molecular weight is 340 g/mol. The number of aromatic nitrogens is 4. The number of nitrogens with one attached hydrogen (secondary N) is 1. The first-order chi connectivity index (χ1) is 9.72. The van der Waals surface area contributed by atoms with Crippen LogP contribution in [0, 0.1) is 0 Å². The molecular formula is C13H18BrN5O. The van der Waals surface area contributed by atoms with Crippen molar-refractivity contribution in [2.24, 2.45) is 7.05 Å². The molecule has 0 spiro atoms. The summed E-state index contributed by atoms with van der Waals surface area (Å²) in [5, 5.41) is 15.7. The van der Waals surface area contributed by atoms with Crippen molar-refractivity contribution >= 4 is 21.9 Å². The van der Waals surface area contributed by atoms with Gasteiger partial charge < -0.3 is 9.73 Å². The van der Waals surface area contributed by atoms with E-state index < -0.39 is 0 Å². The molecule has 0 aromatic carbocycles. The van der Waals surface area contributed by atoms with Crippen molar-refractivity contribution in [3.8, 4) is 0 Å². The monoisotopic (exact) mass is 339 g/mol.